The Morgan fingerprint density at radius 3 is 2.58 bits per heavy atom. The summed E-state index contributed by atoms with van der Waals surface area (Å²) >= 11 is 0. The predicted octanol–water partition coefficient (Wildman–Crippen LogP) is 3.28. The third-order valence-electron chi connectivity index (χ3n) is 5.65. The van der Waals surface area contributed by atoms with Crippen molar-refractivity contribution in [3.63, 3.8) is 0 Å². The lowest BCUT2D eigenvalue weighted by Gasteiger charge is -2.32. The van der Waals surface area contributed by atoms with Gasteiger partial charge in [-0.3, -0.25) is 4.79 Å². The van der Waals surface area contributed by atoms with Crippen LogP contribution in [-0.2, 0) is 10.2 Å². The molecule has 0 aromatic heterocycles. The summed E-state index contributed by atoms with van der Waals surface area (Å²) in [6.07, 6.45) is 4.94. The zero-order valence-corrected chi connectivity index (χ0v) is 14.2. The molecule has 5 heteroatoms. The lowest BCUT2D eigenvalue weighted by molar-refractivity contribution is -0.126. The summed E-state index contributed by atoms with van der Waals surface area (Å²) in [5, 5.41) is 6.34. The first-order chi connectivity index (χ1) is 11.5. The zero-order chi connectivity index (χ0) is 17.2. The maximum atomic E-state index is 14.3. The highest BCUT2D eigenvalue weighted by molar-refractivity contribution is 5.79. The molecular weight excluding hydrogens is 310 g/mol. The van der Waals surface area contributed by atoms with Crippen molar-refractivity contribution in [2.45, 2.75) is 56.9 Å². The van der Waals surface area contributed by atoms with E-state index in [1.54, 1.807) is 0 Å². The van der Waals surface area contributed by atoms with Gasteiger partial charge in [-0.1, -0.05) is 18.9 Å². The molecule has 24 heavy (non-hydrogen) atoms. The summed E-state index contributed by atoms with van der Waals surface area (Å²) < 4.78 is 28.6. The van der Waals surface area contributed by atoms with Crippen molar-refractivity contribution in [1.82, 2.24) is 10.6 Å². The van der Waals surface area contributed by atoms with Crippen molar-refractivity contribution in [2.24, 2.45) is 5.92 Å². The average molecular weight is 336 g/mol. The molecule has 2 N–H and O–H groups in total. The van der Waals surface area contributed by atoms with Gasteiger partial charge in [0.2, 0.25) is 5.91 Å². The molecule has 2 fully saturated rings. The van der Waals surface area contributed by atoms with Crippen molar-refractivity contribution >= 4 is 5.91 Å². The van der Waals surface area contributed by atoms with Crippen LogP contribution in [0, 0.1) is 17.6 Å². The van der Waals surface area contributed by atoms with Crippen LogP contribution in [-0.4, -0.2) is 25.0 Å². The van der Waals surface area contributed by atoms with Gasteiger partial charge in [-0.25, -0.2) is 8.78 Å². The van der Waals surface area contributed by atoms with Crippen molar-refractivity contribution in [3.05, 3.63) is 35.4 Å². The Morgan fingerprint density at radius 1 is 1.29 bits per heavy atom. The molecule has 2 atom stereocenters. The van der Waals surface area contributed by atoms with Crippen LogP contribution >= 0.6 is 0 Å². The first-order valence-electron chi connectivity index (χ1n) is 8.97. The minimum absolute atomic E-state index is 0.00910. The van der Waals surface area contributed by atoms with Gasteiger partial charge in [0, 0.05) is 29.5 Å². The maximum absolute atomic E-state index is 14.3. The number of hydrogen-bond acceptors (Lipinski definition) is 2. The molecule has 1 heterocycles. The van der Waals surface area contributed by atoms with Crippen LogP contribution in [0.1, 0.15) is 51.0 Å². The molecule has 1 aliphatic carbocycles. The molecule has 1 aromatic carbocycles. The topological polar surface area (TPSA) is 41.1 Å². The first-order valence-corrected chi connectivity index (χ1v) is 8.97. The molecule has 3 nitrogen and oxygen atoms in total. The molecule has 1 amide bonds. The number of carbonyl (C=O) groups is 1. The highest BCUT2D eigenvalue weighted by Crippen LogP contribution is 2.42. The van der Waals surface area contributed by atoms with E-state index >= 15 is 0 Å². The number of carbonyl (C=O) groups excluding carboxylic acids is 1. The molecule has 1 aliphatic heterocycles. The number of benzene rings is 1. The molecule has 1 saturated heterocycles. The second kappa shape index (κ2) is 7.18. The minimum Gasteiger partial charge on any atom is -0.355 e. The van der Waals surface area contributed by atoms with E-state index in [9.17, 15) is 13.6 Å². The van der Waals surface area contributed by atoms with Gasteiger partial charge < -0.3 is 10.6 Å². The molecule has 0 radical (unpaired) electrons. The average Bonchev–Trinajstić information content (AvgIpc) is 3.02. The second-order valence-electron chi connectivity index (χ2n) is 7.38. The Balaban J connectivity index is 1.74. The molecule has 3 rings (SSSR count). The van der Waals surface area contributed by atoms with E-state index in [2.05, 4.69) is 17.6 Å². The fraction of sp³-hybridized carbons (Fsp3) is 0.632. The van der Waals surface area contributed by atoms with Crippen LogP contribution in [0.4, 0.5) is 8.78 Å². The number of rotatable bonds is 4. The monoisotopic (exact) mass is 336 g/mol. The largest absolute Gasteiger partial charge is 0.355 e. The molecule has 0 unspecified atom stereocenters. The van der Waals surface area contributed by atoms with Crippen LogP contribution in [0.5, 0.6) is 0 Å². The molecule has 1 saturated carbocycles. The van der Waals surface area contributed by atoms with Gasteiger partial charge in [0.15, 0.2) is 0 Å². The summed E-state index contributed by atoms with van der Waals surface area (Å²) in [7, 11) is 0. The molecule has 132 valence electrons. The lowest BCUT2D eigenvalue weighted by atomic mass is 9.78. The Kier molecular flexibility index (Phi) is 5.18. The Labute approximate surface area is 142 Å². The van der Waals surface area contributed by atoms with Gasteiger partial charge in [0.25, 0.3) is 0 Å². The first kappa shape index (κ1) is 17.3. The van der Waals surface area contributed by atoms with E-state index in [0.29, 0.717) is 25.4 Å². The fourth-order valence-corrected chi connectivity index (χ4v) is 4.34. The van der Waals surface area contributed by atoms with E-state index in [4.69, 9.17) is 0 Å². The summed E-state index contributed by atoms with van der Waals surface area (Å²) in [4.78, 5) is 12.5. The van der Waals surface area contributed by atoms with E-state index in [0.717, 1.165) is 32.2 Å². The van der Waals surface area contributed by atoms with E-state index in [1.807, 2.05) is 0 Å². The molecule has 2 aliphatic rings. The van der Waals surface area contributed by atoms with Crippen molar-refractivity contribution < 1.29 is 13.6 Å². The van der Waals surface area contributed by atoms with Gasteiger partial charge >= 0.3 is 0 Å². The highest BCUT2D eigenvalue weighted by Gasteiger charge is 2.40. The van der Waals surface area contributed by atoms with Crippen LogP contribution in [0.15, 0.2) is 18.2 Å². The van der Waals surface area contributed by atoms with Gasteiger partial charge in [-0.05, 0) is 51.3 Å². The van der Waals surface area contributed by atoms with Gasteiger partial charge in [0.1, 0.15) is 11.6 Å². The minimum atomic E-state index is -0.608. The van der Waals surface area contributed by atoms with Crippen LogP contribution < -0.4 is 10.6 Å². The number of amides is 1. The van der Waals surface area contributed by atoms with Gasteiger partial charge in [-0.2, -0.15) is 0 Å². The molecule has 0 bridgehead atoms. The summed E-state index contributed by atoms with van der Waals surface area (Å²) in [6, 6.07) is 4.36. The van der Waals surface area contributed by atoms with E-state index in [1.165, 1.54) is 18.2 Å². The van der Waals surface area contributed by atoms with Gasteiger partial charge in [-0.15, -0.1) is 0 Å². The second-order valence-corrected chi connectivity index (χ2v) is 7.38. The number of halogens is 2. The van der Waals surface area contributed by atoms with Crippen molar-refractivity contribution in [1.29, 1.82) is 0 Å². The molecule has 1 aromatic rings. The highest BCUT2D eigenvalue weighted by atomic mass is 19.1. The predicted molar refractivity (Wildman–Crippen MR) is 89.7 cm³/mol. The molecule has 0 spiro atoms. The number of nitrogens with one attached hydrogen (secondary N) is 2. The lowest BCUT2D eigenvalue weighted by Crippen LogP contribution is -2.46. The van der Waals surface area contributed by atoms with Crippen LogP contribution in [0.25, 0.3) is 0 Å². The fourth-order valence-electron chi connectivity index (χ4n) is 4.34. The third-order valence-corrected chi connectivity index (χ3v) is 5.65. The third kappa shape index (κ3) is 3.46. The van der Waals surface area contributed by atoms with E-state index in [-0.39, 0.29) is 17.4 Å². The smallest absolute Gasteiger partial charge is 0.223 e. The number of hydrogen-bond donors (Lipinski definition) is 2. The quantitative estimate of drug-likeness (QED) is 0.886. The zero-order valence-electron chi connectivity index (χ0n) is 14.2. The number of piperidine rings is 1. The summed E-state index contributed by atoms with van der Waals surface area (Å²) in [5.41, 5.74) is -0.453. The van der Waals surface area contributed by atoms with Crippen molar-refractivity contribution in [2.75, 3.05) is 13.1 Å². The van der Waals surface area contributed by atoms with Gasteiger partial charge in [0.05, 0.1) is 0 Å². The SMILES string of the molecule is C[C@H]1C[C@@H](C(=O)NCC2(c3c(F)cccc3F)CCCC2)CCN1. The van der Waals surface area contributed by atoms with Crippen molar-refractivity contribution in [3.8, 4) is 0 Å². The summed E-state index contributed by atoms with van der Waals surface area (Å²) in [6.45, 7) is 3.24. The van der Waals surface area contributed by atoms with Crippen LogP contribution in [0.3, 0.4) is 0 Å². The Hall–Kier alpha value is -1.49. The maximum Gasteiger partial charge on any atom is 0.223 e. The normalized spacial score (nSPS) is 26.3. The summed E-state index contributed by atoms with van der Waals surface area (Å²) in [5.74, 6) is -0.986. The van der Waals surface area contributed by atoms with E-state index < -0.39 is 17.0 Å². The Morgan fingerprint density at radius 2 is 1.96 bits per heavy atom. The Bertz CT molecular complexity index is 579. The standard InChI is InChI=1S/C19H26F2N2O/c1-13-11-14(7-10-22-13)18(24)23-12-19(8-2-3-9-19)17-15(20)5-4-6-16(17)21/h4-6,13-14,22H,2-3,7-12H2,1H3,(H,23,24)/t13-,14-/m0/s1. The molecular formula is C19H26F2N2O. The van der Waals surface area contributed by atoms with Crippen LogP contribution in [0.2, 0.25) is 0 Å².